The third-order valence-corrected chi connectivity index (χ3v) is 8.59. The molecule has 2 aromatic carbocycles. The van der Waals surface area contributed by atoms with Gasteiger partial charge in [-0.1, -0.05) is 24.3 Å². The minimum Gasteiger partial charge on any atom is -0.399 e. The normalized spacial score (nSPS) is 10.7. The third kappa shape index (κ3) is 9.18. The number of aromatic amines is 2. The maximum absolute atomic E-state index is 9.07. The highest BCUT2D eigenvalue weighted by molar-refractivity contribution is 6.28. The molecule has 0 spiro atoms. The highest BCUT2D eigenvalue weighted by Gasteiger charge is 2.11. The fourth-order valence-corrected chi connectivity index (χ4v) is 5.83. The summed E-state index contributed by atoms with van der Waals surface area (Å²) in [6.07, 6.45) is 12.0. The standard InChI is InChI=1S/C20H19N5O.C11H7ClN4.C9H13NO/c1-13-11-14(7-10-26)4-5-17(13)24-20-22-9-6-18(25-20)16-12-23-19-15(16)3-2-8-21-19;12-11-14-5-3-9(16-11)8-6-15-10-7(8)2-1-4-13-10;1-7-6-8(4-5-11)2-3-9(7)10/h2-6,8-9,11-12,26H,7,10H2,1H3,(H,21,23)(H,22,24,25);1-6H,(H,13,15);2-3,6,11H,4-5,10H2,1H3. The van der Waals surface area contributed by atoms with Crippen LogP contribution in [0.5, 0.6) is 0 Å². The predicted octanol–water partition coefficient (Wildman–Crippen LogP) is 7.39. The minimum atomic E-state index is 0.150. The lowest BCUT2D eigenvalue weighted by molar-refractivity contribution is 0.299. The Morgan fingerprint density at radius 2 is 1.23 bits per heavy atom. The zero-order valence-electron chi connectivity index (χ0n) is 29.3. The predicted molar refractivity (Wildman–Crippen MR) is 211 cm³/mol. The number of hydrogen-bond donors (Lipinski definition) is 6. The number of pyridine rings is 2. The van der Waals surface area contributed by atoms with Gasteiger partial charge in [0.2, 0.25) is 11.2 Å². The van der Waals surface area contributed by atoms with Crippen molar-refractivity contribution in [2.24, 2.45) is 0 Å². The minimum absolute atomic E-state index is 0.150. The van der Waals surface area contributed by atoms with E-state index < -0.39 is 0 Å². The quantitative estimate of drug-likeness (QED) is 0.0681. The van der Waals surface area contributed by atoms with Crippen molar-refractivity contribution < 1.29 is 10.2 Å². The van der Waals surface area contributed by atoms with E-state index in [1.807, 2.05) is 93.0 Å². The maximum atomic E-state index is 9.07. The van der Waals surface area contributed by atoms with E-state index in [0.717, 1.165) is 78.2 Å². The summed E-state index contributed by atoms with van der Waals surface area (Å²) in [7, 11) is 0. The lowest BCUT2D eigenvalue weighted by Crippen LogP contribution is -2.00. The van der Waals surface area contributed by atoms with Crippen molar-refractivity contribution in [2.45, 2.75) is 26.7 Å². The van der Waals surface area contributed by atoms with E-state index in [0.29, 0.717) is 18.8 Å². The molecule has 0 saturated heterocycles. The molecular formula is C40H39ClN10O2. The zero-order valence-corrected chi connectivity index (χ0v) is 30.0. The molecule has 0 fully saturated rings. The number of aromatic nitrogens is 8. The summed E-state index contributed by atoms with van der Waals surface area (Å²) in [5, 5.41) is 23.3. The number of H-pyrrole nitrogens is 2. The molecule has 7 N–H and O–H groups in total. The Morgan fingerprint density at radius 3 is 1.79 bits per heavy atom. The number of benzene rings is 2. The lowest BCUT2D eigenvalue weighted by atomic mass is 10.1. The fourth-order valence-electron chi connectivity index (χ4n) is 5.68. The van der Waals surface area contributed by atoms with Crippen LogP contribution in [-0.4, -0.2) is 63.3 Å². The summed E-state index contributed by atoms with van der Waals surface area (Å²) >= 11 is 5.76. The maximum Gasteiger partial charge on any atom is 0.227 e. The molecule has 13 heteroatoms. The second-order valence-electron chi connectivity index (χ2n) is 12.1. The van der Waals surface area contributed by atoms with Gasteiger partial charge in [0.25, 0.3) is 0 Å². The molecule has 0 aliphatic carbocycles. The largest absolute Gasteiger partial charge is 0.399 e. The van der Waals surface area contributed by atoms with Crippen LogP contribution in [0.1, 0.15) is 22.3 Å². The number of aliphatic hydroxyl groups excluding tert-OH is 2. The summed E-state index contributed by atoms with van der Waals surface area (Å²) < 4.78 is 0. The van der Waals surface area contributed by atoms with Gasteiger partial charge in [-0.05, 0) is 109 Å². The van der Waals surface area contributed by atoms with Crippen LogP contribution in [0, 0.1) is 13.8 Å². The van der Waals surface area contributed by atoms with Gasteiger partial charge in [0.1, 0.15) is 11.3 Å². The highest BCUT2D eigenvalue weighted by Crippen LogP contribution is 2.28. The molecule has 0 radical (unpaired) electrons. The Balaban J connectivity index is 0.000000151. The van der Waals surface area contributed by atoms with E-state index in [4.69, 9.17) is 27.5 Å². The smallest absolute Gasteiger partial charge is 0.227 e. The number of nitrogens with two attached hydrogens (primary N) is 1. The fraction of sp³-hybridized carbons (Fsp3) is 0.150. The second-order valence-corrected chi connectivity index (χ2v) is 12.4. The Kier molecular flexibility index (Phi) is 12.0. The van der Waals surface area contributed by atoms with Crippen molar-refractivity contribution in [3.8, 4) is 22.5 Å². The van der Waals surface area contributed by atoms with Gasteiger partial charge in [-0.15, -0.1) is 0 Å². The molecular weight excluding hydrogens is 688 g/mol. The van der Waals surface area contributed by atoms with Gasteiger partial charge in [0, 0.05) is 83.7 Å². The summed E-state index contributed by atoms with van der Waals surface area (Å²) in [6, 6.07) is 23.4. The Hall–Kier alpha value is -6.21. The van der Waals surface area contributed by atoms with Gasteiger partial charge >= 0.3 is 0 Å². The number of anilines is 3. The van der Waals surface area contributed by atoms with E-state index in [1.54, 1.807) is 24.8 Å². The van der Waals surface area contributed by atoms with E-state index in [9.17, 15) is 0 Å². The Morgan fingerprint density at radius 1 is 0.660 bits per heavy atom. The molecule has 0 unspecified atom stereocenters. The molecule has 0 aliphatic rings. The van der Waals surface area contributed by atoms with Gasteiger partial charge < -0.3 is 31.2 Å². The average Bonchev–Trinajstić information content (AvgIpc) is 3.81. The second kappa shape index (κ2) is 17.3. The molecule has 8 aromatic rings. The van der Waals surface area contributed by atoms with Crippen LogP contribution in [-0.2, 0) is 12.8 Å². The van der Waals surface area contributed by atoms with Crippen LogP contribution in [0.2, 0.25) is 5.28 Å². The van der Waals surface area contributed by atoms with Crippen molar-refractivity contribution in [3.05, 3.63) is 138 Å². The third-order valence-electron chi connectivity index (χ3n) is 8.41. The zero-order chi connectivity index (χ0) is 37.2. The number of halogens is 1. The summed E-state index contributed by atoms with van der Waals surface area (Å²) in [6.45, 7) is 4.34. The van der Waals surface area contributed by atoms with E-state index >= 15 is 0 Å². The first-order chi connectivity index (χ1) is 25.8. The van der Waals surface area contributed by atoms with Gasteiger partial charge in [-0.25, -0.2) is 29.9 Å². The van der Waals surface area contributed by atoms with Crippen LogP contribution in [0.3, 0.4) is 0 Å². The molecule has 0 atom stereocenters. The van der Waals surface area contributed by atoms with Gasteiger partial charge in [-0.3, -0.25) is 0 Å². The summed E-state index contributed by atoms with van der Waals surface area (Å²) in [5.74, 6) is 0.541. The summed E-state index contributed by atoms with van der Waals surface area (Å²) in [5.41, 5.74) is 17.1. The van der Waals surface area contributed by atoms with Crippen molar-refractivity contribution >= 4 is 51.0 Å². The highest BCUT2D eigenvalue weighted by atomic mass is 35.5. The van der Waals surface area contributed by atoms with Crippen LogP contribution in [0.25, 0.3) is 44.6 Å². The number of aryl methyl sites for hydroxylation is 2. The Labute approximate surface area is 311 Å². The molecule has 0 aliphatic heterocycles. The number of nitrogens with one attached hydrogen (secondary N) is 3. The van der Waals surface area contributed by atoms with Crippen molar-refractivity contribution in [3.63, 3.8) is 0 Å². The monoisotopic (exact) mass is 726 g/mol. The number of nitrogens with zero attached hydrogens (tertiary/aromatic N) is 6. The SMILES string of the molecule is Cc1cc(CCO)ccc1N.Cc1cc(CCO)ccc1Nc1nccc(-c2c[nH]c3ncccc23)n1.Clc1nccc(-c2c[nH]c3ncccc23)n1. The average molecular weight is 727 g/mol. The van der Waals surface area contributed by atoms with Crippen molar-refractivity contribution in [1.29, 1.82) is 0 Å². The van der Waals surface area contributed by atoms with Crippen molar-refractivity contribution in [2.75, 3.05) is 24.3 Å². The number of nitrogen functional groups attached to an aromatic ring is 1. The van der Waals surface area contributed by atoms with Gasteiger partial charge in [-0.2, -0.15) is 0 Å². The molecule has 0 saturated carbocycles. The van der Waals surface area contributed by atoms with Gasteiger partial charge in [0.05, 0.1) is 11.4 Å². The van der Waals surface area contributed by atoms with E-state index in [1.165, 1.54) is 0 Å². The first-order valence-corrected chi connectivity index (χ1v) is 17.3. The molecule has 6 heterocycles. The lowest BCUT2D eigenvalue weighted by Gasteiger charge is -2.10. The summed E-state index contributed by atoms with van der Waals surface area (Å²) in [4.78, 5) is 31.8. The van der Waals surface area contributed by atoms with E-state index in [-0.39, 0.29) is 18.5 Å². The molecule has 0 amide bonds. The molecule has 0 bridgehead atoms. The van der Waals surface area contributed by atoms with Crippen LogP contribution in [0.4, 0.5) is 17.3 Å². The van der Waals surface area contributed by atoms with Crippen LogP contribution in [0.15, 0.2) is 110 Å². The Bertz CT molecular complexity index is 2450. The first-order valence-electron chi connectivity index (χ1n) is 16.9. The molecule has 12 nitrogen and oxygen atoms in total. The van der Waals surface area contributed by atoms with Crippen LogP contribution < -0.4 is 11.1 Å². The van der Waals surface area contributed by atoms with E-state index in [2.05, 4.69) is 51.3 Å². The topological polar surface area (TPSA) is 187 Å². The number of fused-ring (bicyclic) bond motifs is 2. The number of aliphatic hydroxyl groups is 2. The molecule has 8 rings (SSSR count). The van der Waals surface area contributed by atoms with Crippen molar-refractivity contribution in [1.82, 2.24) is 39.9 Å². The van der Waals surface area contributed by atoms with Crippen LogP contribution >= 0.6 is 11.6 Å². The van der Waals surface area contributed by atoms with Gasteiger partial charge in [0.15, 0.2) is 0 Å². The molecule has 268 valence electrons. The molecule has 6 aromatic heterocycles. The molecule has 53 heavy (non-hydrogen) atoms. The number of hydrogen-bond acceptors (Lipinski definition) is 10. The first kappa shape index (κ1) is 36.6. The number of rotatable bonds is 8.